The number of fused-ring (bicyclic) bond motifs is 1. The zero-order chi connectivity index (χ0) is 23.5. The van der Waals surface area contributed by atoms with Crippen LogP contribution < -0.4 is 20.4 Å². The van der Waals surface area contributed by atoms with Crippen LogP contribution in [0, 0.1) is 12.7 Å². The monoisotopic (exact) mass is 448 g/mol. The van der Waals surface area contributed by atoms with E-state index in [0.29, 0.717) is 36.8 Å². The molecule has 1 aliphatic heterocycles. The van der Waals surface area contributed by atoms with Crippen molar-refractivity contribution in [3.63, 3.8) is 0 Å². The molecule has 0 bridgehead atoms. The van der Waals surface area contributed by atoms with Gasteiger partial charge in [-0.3, -0.25) is 9.59 Å². The minimum atomic E-state index is -0.385. The third-order valence-electron chi connectivity index (χ3n) is 5.53. The summed E-state index contributed by atoms with van der Waals surface area (Å²) in [7, 11) is 1.74. The van der Waals surface area contributed by atoms with Gasteiger partial charge in [-0.15, -0.1) is 0 Å². The molecular weight excluding hydrogens is 423 g/mol. The molecule has 2 aromatic carbocycles. The highest BCUT2D eigenvalue weighted by molar-refractivity contribution is 6.04. The molecule has 0 spiro atoms. The van der Waals surface area contributed by atoms with Gasteiger partial charge < -0.3 is 20.4 Å². The standard InChI is InChI=1S/C24H25FN6O2/c1-4-31-14-20(32)30(3)21-15(2)27-24(29-22(21)31)26-13-16-5-11-19(12-6-16)28-23(33)17-7-9-18(25)10-8-17/h5-12H,4,13-14H2,1-3H3,(H,28,33)(H,26,27,29). The maximum Gasteiger partial charge on any atom is 0.255 e. The van der Waals surface area contributed by atoms with Gasteiger partial charge in [0.1, 0.15) is 11.5 Å². The fraction of sp³-hybridized carbons (Fsp3) is 0.250. The summed E-state index contributed by atoms with van der Waals surface area (Å²) >= 11 is 0. The average molecular weight is 449 g/mol. The molecule has 0 saturated carbocycles. The van der Waals surface area contributed by atoms with Crippen molar-refractivity contribution >= 4 is 35.0 Å². The van der Waals surface area contributed by atoms with Gasteiger partial charge in [-0.05, 0) is 55.8 Å². The number of hydrogen-bond donors (Lipinski definition) is 2. The Hall–Kier alpha value is -4.01. The molecule has 0 fully saturated rings. The van der Waals surface area contributed by atoms with Crippen LogP contribution in [0.3, 0.4) is 0 Å². The van der Waals surface area contributed by atoms with Crippen molar-refractivity contribution in [2.24, 2.45) is 0 Å². The zero-order valence-electron chi connectivity index (χ0n) is 18.7. The fourth-order valence-corrected chi connectivity index (χ4v) is 3.67. The lowest BCUT2D eigenvalue weighted by molar-refractivity contribution is -0.117. The molecule has 9 heteroatoms. The molecule has 2 amide bonds. The van der Waals surface area contributed by atoms with Gasteiger partial charge in [0.2, 0.25) is 11.9 Å². The van der Waals surface area contributed by atoms with Crippen molar-refractivity contribution in [3.8, 4) is 0 Å². The smallest absolute Gasteiger partial charge is 0.255 e. The third kappa shape index (κ3) is 4.77. The number of halogens is 1. The van der Waals surface area contributed by atoms with Crippen molar-refractivity contribution < 1.29 is 14.0 Å². The highest BCUT2D eigenvalue weighted by atomic mass is 19.1. The predicted octanol–water partition coefficient (Wildman–Crippen LogP) is 3.59. The van der Waals surface area contributed by atoms with Crippen LogP contribution in [0.2, 0.25) is 0 Å². The summed E-state index contributed by atoms with van der Waals surface area (Å²) in [6, 6.07) is 12.8. The fourth-order valence-electron chi connectivity index (χ4n) is 3.67. The van der Waals surface area contributed by atoms with Crippen molar-refractivity contribution in [2.75, 3.05) is 40.6 Å². The molecule has 1 aromatic heterocycles. The van der Waals surface area contributed by atoms with Crippen LogP contribution in [0.4, 0.5) is 27.5 Å². The van der Waals surface area contributed by atoms with Gasteiger partial charge in [0.15, 0.2) is 5.82 Å². The number of hydrogen-bond acceptors (Lipinski definition) is 6. The van der Waals surface area contributed by atoms with E-state index in [4.69, 9.17) is 0 Å². The molecule has 0 unspecified atom stereocenters. The lowest BCUT2D eigenvalue weighted by Gasteiger charge is -2.34. The molecule has 8 nitrogen and oxygen atoms in total. The number of likely N-dealkylation sites (N-methyl/N-ethyl adjacent to an activating group) is 2. The van der Waals surface area contributed by atoms with E-state index in [1.54, 1.807) is 24.1 Å². The van der Waals surface area contributed by atoms with E-state index >= 15 is 0 Å². The molecule has 2 heterocycles. The van der Waals surface area contributed by atoms with Crippen LogP contribution >= 0.6 is 0 Å². The van der Waals surface area contributed by atoms with E-state index in [9.17, 15) is 14.0 Å². The summed E-state index contributed by atoms with van der Waals surface area (Å²) < 4.78 is 13.0. The van der Waals surface area contributed by atoms with Crippen LogP contribution in [0.5, 0.6) is 0 Å². The third-order valence-corrected chi connectivity index (χ3v) is 5.53. The van der Waals surface area contributed by atoms with Gasteiger partial charge in [0.25, 0.3) is 5.91 Å². The Bertz CT molecular complexity index is 1180. The number of aryl methyl sites for hydroxylation is 1. The average Bonchev–Trinajstić information content (AvgIpc) is 2.81. The molecule has 1 aliphatic rings. The van der Waals surface area contributed by atoms with Crippen molar-refractivity contribution in [3.05, 3.63) is 71.2 Å². The maximum absolute atomic E-state index is 13.0. The second-order valence-electron chi connectivity index (χ2n) is 7.78. The first-order valence-corrected chi connectivity index (χ1v) is 10.7. The first kappa shape index (κ1) is 22.2. The molecule has 2 N–H and O–H groups in total. The molecule has 3 aromatic rings. The summed E-state index contributed by atoms with van der Waals surface area (Å²) in [4.78, 5) is 37.2. The molecule has 0 atom stereocenters. The molecule has 33 heavy (non-hydrogen) atoms. The first-order valence-electron chi connectivity index (χ1n) is 10.7. The number of benzene rings is 2. The summed E-state index contributed by atoms with van der Waals surface area (Å²) in [5.74, 6) is 0.560. The Kier molecular flexibility index (Phi) is 6.21. The second-order valence-corrected chi connectivity index (χ2v) is 7.78. The number of nitrogens with zero attached hydrogens (tertiary/aromatic N) is 4. The van der Waals surface area contributed by atoms with Gasteiger partial charge in [0.05, 0.1) is 12.2 Å². The number of anilines is 4. The molecule has 0 radical (unpaired) electrons. The second kappa shape index (κ2) is 9.23. The van der Waals surface area contributed by atoms with Gasteiger partial charge in [-0.2, -0.15) is 4.98 Å². The molecular formula is C24H25FN6O2. The summed E-state index contributed by atoms with van der Waals surface area (Å²) in [5, 5.41) is 6.03. The van der Waals surface area contributed by atoms with Crippen LogP contribution in [0.1, 0.15) is 28.5 Å². The SMILES string of the molecule is CCN1CC(=O)N(C)c2c(C)nc(NCc3ccc(NC(=O)c4ccc(F)cc4)cc3)nc21. The van der Waals surface area contributed by atoms with Crippen LogP contribution in [0.25, 0.3) is 0 Å². The predicted molar refractivity (Wildman–Crippen MR) is 126 cm³/mol. The first-order chi connectivity index (χ1) is 15.9. The van der Waals surface area contributed by atoms with E-state index in [1.165, 1.54) is 24.3 Å². The topological polar surface area (TPSA) is 90.5 Å². The molecule has 170 valence electrons. The van der Waals surface area contributed by atoms with Gasteiger partial charge in [0, 0.05) is 31.4 Å². The Morgan fingerprint density at radius 1 is 1.09 bits per heavy atom. The lowest BCUT2D eigenvalue weighted by Crippen LogP contribution is -2.45. The van der Waals surface area contributed by atoms with Crippen LogP contribution in [0.15, 0.2) is 48.5 Å². The van der Waals surface area contributed by atoms with Crippen molar-refractivity contribution in [2.45, 2.75) is 20.4 Å². The number of aromatic nitrogens is 2. The number of carbonyl (C=O) groups excluding carboxylic acids is 2. The normalized spacial score (nSPS) is 13.0. The number of rotatable bonds is 6. The van der Waals surface area contributed by atoms with E-state index in [1.807, 2.05) is 30.9 Å². The molecule has 0 saturated heterocycles. The number of nitrogens with one attached hydrogen (secondary N) is 2. The largest absolute Gasteiger partial charge is 0.350 e. The van der Waals surface area contributed by atoms with E-state index < -0.39 is 0 Å². The Labute approximate surface area is 191 Å². The van der Waals surface area contributed by atoms with Gasteiger partial charge >= 0.3 is 0 Å². The van der Waals surface area contributed by atoms with Gasteiger partial charge in [-0.25, -0.2) is 9.37 Å². The Morgan fingerprint density at radius 2 is 1.79 bits per heavy atom. The quantitative estimate of drug-likeness (QED) is 0.599. The van der Waals surface area contributed by atoms with Crippen LogP contribution in [-0.2, 0) is 11.3 Å². The molecule has 4 rings (SSSR count). The van der Waals surface area contributed by atoms with Gasteiger partial charge in [-0.1, -0.05) is 12.1 Å². The summed E-state index contributed by atoms with van der Waals surface area (Å²) in [5.41, 5.74) is 3.47. The van der Waals surface area contributed by atoms with Crippen molar-refractivity contribution in [1.29, 1.82) is 0 Å². The zero-order valence-corrected chi connectivity index (χ0v) is 18.7. The van der Waals surface area contributed by atoms with E-state index in [2.05, 4.69) is 20.6 Å². The highest BCUT2D eigenvalue weighted by Crippen LogP contribution is 2.34. The minimum Gasteiger partial charge on any atom is -0.350 e. The number of carbonyl (C=O) groups is 2. The number of amides is 2. The highest BCUT2D eigenvalue weighted by Gasteiger charge is 2.29. The van der Waals surface area contributed by atoms with Crippen molar-refractivity contribution in [1.82, 2.24) is 9.97 Å². The van der Waals surface area contributed by atoms with Crippen LogP contribution in [-0.4, -0.2) is 41.9 Å². The Balaban J connectivity index is 1.42. The van der Waals surface area contributed by atoms with E-state index in [-0.39, 0.29) is 17.6 Å². The summed E-state index contributed by atoms with van der Waals surface area (Å²) in [6.07, 6.45) is 0. The minimum absolute atomic E-state index is 0.0170. The van der Waals surface area contributed by atoms with E-state index in [0.717, 1.165) is 22.8 Å². The summed E-state index contributed by atoms with van der Waals surface area (Å²) in [6.45, 7) is 5.32. The maximum atomic E-state index is 13.0. The molecule has 0 aliphatic carbocycles. The Morgan fingerprint density at radius 3 is 2.45 bits per heavy atom. The lowest BCUT2D eigenvalue weighted by atomic mass is 10.1.